The zero-order chi connectivity index (χ0) is 18.4. The second-order valence-electron chi connectivity index (χ2n) is 5.73. The van der Waals surface area contributed by atoms with Gasteiger partial charge in [0.1, 0.15) is 10.9 Å². The molecule has 130 valence electrons. The van der Waals surface area contributed by atoms with E-state index in [1.54, 1.807) is 24.3 Å². The molecule has 1 aliphatic heterocycles. The lowest BCUT2D eigenvalue weighted by atomic mass is 10.2. The normalized spacial score (nSPS) is 16.4. The van der Waals surface area contributed by atoms with Gasteiger partial charge in [0.15, 0.2) is 0 Å². The average Bonchev–Trinajstić information content (AvgIpc) is 2.77. The molecule has 0 saturated heterocycles. The zero-order valence-corrected chi connectivity index (χ0v) is 15.1. The van der Waals surface area contributed by atoms with Crippen molar-refractivity contribution in [2.24, 2.45) is 0 Å². The first-order valence-corrected chi connectivity index (χ1v) is 9.30. The molecule has 0 fully saturated rings. The van der Waals surface area contributed by atoms with Gasteiger partial charge in [-0.15, -0.1) is 0 Å². The quantitative estimate of drug-likeness (QED) is 0.890. The SMILES string of the molecule is Cc1ccc(NC(=O)[C@H](C)N2C(=O)c3ccccc3S2(=O)=O)cc1Cl. The zero-order valence-electron chi connectivity index (χ0n) is 13.5. The smallest absolute Gasteiger partial charge is 0.269 e. The van der Waals surface area contributed by atoms with Crippen molar-refractivity contribution in [2.75, 3.05) is 5.32 Å². The standard InChI is InChI=1S/C17H15ClN2O4S/c1-10-7-8-12(9-14(10)18)19-16(21)11(2)20-17(22)13-5-3-4-6-15(13)25(20,23)24/h3-9,11H,1-2H3,(H,19,21)/t11-/m0/s1. The van der Waals surface area contributed by atoms with Crippen molar-refractivity contribution in [2.45, 2.75) is 24.8 Å². The maximum atomic E-state index is 12.6. The number of rotatable bonds is 3. The molecule has 8 heteroatoms. The Morgan fingerprint density at radius 1 is 1.20 bits per heavy atom. The molecule has 1 heterocycles. The summed E-state index contributed by atoms with van der Waals surface area (Å²) < 4.78 is 25.8. The first-order valence-electron chi connectivity index (χ1n) is 7.48. The third-order valence-electron chi connectivity index (χ3n) is 4.03. The molecule has 0 spiro atoms. The third kappa shape index (κ3) is 2.89. The van der Waals surface area contributed by atoms with Crippen LogP contribution in [0.3, 0.4) is 0 Å². The lowest BCUT2D eigenvalue weighted by molar-refractivity contribution is -0.118. The lowest BCUT2D eigenvalue weighted by Crippen LogP contribution is -2.45. The van der Waals surface area contributed by atoms with Crippen LogP contribution in [-0.4, -0.2) is 30.6 Å². The Kier molecular flexibility index (Phi) is 4.30. The van der Waals surface area contributed by atoms with Crippen LogP contribution in [-0.2, 0) is 14.8 Å². The van der Waals surface area contributed by atoms with E-state index in [4.69, 9.17) is 11.6 Å². The van der Waals surface area contributed by atoms with Crippen LogP contribution >= 0.6 is 11.6 Å². The minimum Gasteiger partial charge on any atom is -0.324 e. The van der Waals surface area contributed by atoms with Gasteiger partial charge in [0, 0.05) is 10.7 Å². The van der Waals surface area contributed by atoms with Crippen molar-refractivity contribution in [1.82, 2.24) is 4.31 Å². The van der Waals surface area contributed by atoms with E-state index in [2.05, 4.69) is 5.32 Å². The number of hydrogen-bond acceptors (Lipinski definition) is 4. The first kappa shape index (κ1) is 17.4. The molecule has 1 aliphatic rings. The van der Waals surface area contributed by atoms with Crippen molar-refractivity contribution >= 4 is 39.1 Å². The molecule has 1 N–H and O–H groups in total. The summed E-state index contributed by atoms with van der Waals surface area (Å²) in [5.41, 5.74) is 1.34. The summed E-state index contributed by atoms with van der Waals surface area (Å²) in [5, 5.41) is 3.06. The van der Waals surface area contributed by atoms with Gasteiger partial charge >= 0.3 is 0 Å². The van der Waals surface area contributed by atoms with Crippen molar-refractivity contribution in [3.05, 3.63) is 58.6 Å². The predicted molar refractivity (Wildman–Crippen MR) is 94.1 cm³/mol. The van der Waals surface area contributed by atoms with Gasteiger partial charge in [-0.3, -0.25) is 9.59 Å². The number of nitrogens with zero attached hydrogens (tertiary/aromatic N) is 1. The Morgan fingerprint density at radius 2 is 1.88 bits per heavy atom. The molecule has 2 aromatic rings. The summed E-state index contributed by atoms with van der Waals surface area (Å²) in [7, 11) is -4.05. The van der Waals surface area contributed by atoms with Crippen LogP contribution in [0.5, 0.6) is 0 Å². The van der Waals surface area contributed by atoms with E-state index >= 15 is 0 Å². The van der Waals surface area contributed by atoms with Crippen LogP contribution in [0.4, 0.5) is 5.69 Å². The minimum atomic E-state index is -4.05. The molecule has 0 aliphatic carbocycles. The number of carbonyl (C=O) groups is 2. The van der Waals surface area contributed by atoms with Crippen LogP contribution in [0.2, 0.25) is 5.02 Å². The van der Waals surface area contributed by atoms with Crippen LogP contribution in [0.25, 0.3) is 0 Å². The van der Waals surface area contributed by atoms with Crippen molar-refractivity contribution in [3.8, 4) is 0 Å². The highest BCUT2D eigenvalue weighted by Crippen LogP contribution is 2.32. The Morgan fingerprint density at radius 3 is 2.52 bits per heavy atom. The maximum Gasteiger partial charge on any atom is 0.269 e. The maximum absolute atomic E-state index is 12.6. The van der Waals surface area contributed by atoms with Crippen LogP contribution in [0, 0.1) is 6.92 Å². The third-order valence-corrected chi connectivity index (χ3v) is 6.34. The summed E-state index contributed by atoms with van der Waals surface area (Å²) >= 11 is 6.02. The number of halogens is 1. The molecular weight excluding hydrogens is 364 g/mol. The van der Waals surface area contributed by atoms with Gasteiger partial charge in [-0.25, -0.2) is 12.7 Å². The van der Waals surface area contributed by atoms with Gasteiger partial charge in [0.05, 0.1) is 5.56 Å². The van der Waals surface area contributed by atoms with Crippen LogP contribution in [0.15, 0.2) is 47.4 Å². The largest absolute Gasteiger partial charge is 0.324 e. The summed E-state index contributed by atoms with van der Waals surface area (Å²) in [6.45, 7) is 3.19. The molecule has 1 atom stereocenters. The van der Waals surface area contributed by atoms with E-state index in [-0.39, 0.29) is 10.5 Å². The van der Waals surface area contributed by atoms with Gasteiger partial charge in [-0.2, -0.15) is 0 Å². The molecule has 6 nitrogen and oxygen atoms in total. The second-order valence-corrected chi connectivity index (χ2v) is 7.92. The highest BCUT2D eigenvalue weighted by molar-refractivity contribution is 7.90. The van der Waals surface area contributed by atoms with E-state index in [1.165, 1.54) is 25.1 Å². The summed E-state index contributed by atoms with van der Waals surface area (Å²) in [6, 6.07) is 9.64. The molecule has 0 bridgehead atoms. The molecule has 0 aromatic heterocycles. The number of benzene rings is 2. The number of fused-ring (bicyclic) bond motifs is 1. The minimum absolute atomic E-state index is 0.0699. The highest BCUT2D eigenvalue weighted by Gasteiger charge is 2.45. The second kappa shape index (κ2) is 6.16. The molecule has 25 heavy (non-hydrogen) atoms. The summed E-state index contributed by atoms with van der Waals surface area (Å²) in [5.74, 6) is -1.33. The fourth-order valence-electron chi connectivity index (χ4n) is 2.61. The average molecular weight is 379 g/mol. The number of sulfonamides is 1. The lowest BCUT2D eigenvalue weighted by Gasteiger charge is -2.22. The highest BCUT2D eigenvalue weighted by atomic mass is 35.5. The predicted octanol–water partition coefficient (Wildman–Crippen LogP) is 2.82. The van der Waals surface area contributed by atoms with Gasteiger partial charge in [0.25, 0.3) is 15.9 Å². The van der Waals surface area contributed by atoms with Gasteiger partial charge in [0.2, 0.25) is 5.91 Å². The van der Waals surface area contributed by atoms with Gasteiger partial charge in [-0.1, -0.05) is 29.8 Å². The van der Waals surface area contributed by atoms with E-state index in [9.17, 15) is 18.0 Å². The molecule has 2 aromatic carbocycles. The molecule has 2 amide bonds. The van der Waals surface area contributed by atoms with Crippen LogP contribution < -0.4 is 5.32 Å². The monoisotopic (exact) mass is 378 g/mol. The molecule has 0 saturated carbocycles. The number of amides is 2. The van der Waals surface area contributed by atoms with E-state index in [0.29, 0.717) is 15.0 Å². The van der Waals surface area contributed by atoms with E-state index < -0.39 is 27.9 Å². The summed E-state index contributed by atoms with van der Waals surface area (Å²) in [4.78, 5) is 24.8. The Labute approximate surface area is 150 Å². The van der Waals surface area contributed by atoms with Gasteiger partial charge < -0.3 is 5.32 Å². The topological polar surface area (TPSA) is 83.6 Å². The molecule has 0 radical (unpaired) electrons. The van der Waals surface area contributed by atoms with Gasteiger partial charge in [-0.05, 0) is 43.7 Å². The number of carbonyl (C=O) groups excluding carboxylic acids is 2. The molecular formula is C17H15ClN2O4S. The number of aryl methyl sites for hydroxylation is 1. The molecule has 3 rings (SSSR count). The van der Waals surface area contributed by atoms with Crippen LogP contribution in [0.1, 0.15) is 22.8 Å². The fraction of sp³-hybridized carbons (Fsp3) is 0.176. The number of anilines is 1. The fourth-order valence-corrected chi connectivity index (χ4v) is 4.51. The Bertz CT molecular complexity index is 988. The van der Waals surface area contributed by atoms with E-state index in [0.717, 1.165) is 5.56 Å². The van der Waals surface area contributed by atoms with Crippen molar-refractivity contribution in [3.63, 3.8) is 0 Å². The van der Waals surface area contributed by atoms with Crippen molar-refractivity contribution < 1.29 is 18.0 Å². The number of hydrogen-bond donors (Lipinski definition) is 1. The Hall–Kier alpha value is -2.38. The first-order chi connectivity index (χ1) is 11.7. The van der Waals surface area contributed by atoms with Crippen molar-refractivity contribution in [1.29, 1.82) is 0 Å². The number of nitrogens with one attached hydrogen (secondary N) is 1. The molecule has 0 unspecified atom stereocenters. The summed E-state index contributed by atoms with van der Waals surface area (Å²) in [6.07, 6.45) is 0. The Balaban J connectivity index is 1.88. The van der Waals surface area contributed by atoms with E-state index in [1.807, 2.05) is 6.92 Å².